The lowest BCUT2D eigenvalue weighted by Crippen LogP contribution is -2.20. The second-order valence-corrected chi connectivity index (χ2v) is 3.26. The molecule has 0 unspecified atom stereocenters. The summed E-state index contributed by atoms with van der Waals surface area (Å²) in [7, 11) is 0. The zero-order valence-corrected chi connectivity index (χ0v) is 9.77. The Bertz CT molecular complexity index is 441. The van der Waals surface area contributed by atoms with Crippen LogP contribution < -0.4 is 5.43 Å². The van der Waals surface area contributed by atoms with Gasteiger partial charge in [-0.3, -0.25) is 10.2 Å². The number of nitrogens with zero attached hydrogens (tertiary/aromatic N) is 1. The van der Waals surface area contributed by atoms with Gasteiger partial charge in [0.2, 0.25) is 5.71 Å². The molecular weight excluding hydrogens is 220 g/mol. The highest BCUT2D eigenvalue weighted by Crippen LogP contribution is 2.12. The van der Waals surface area contributed by atoms with Gasteiger partial charge in [0.15, 0.2) is 6.29 Å². The first-order chi connectivity index (χ1) is 8.19. The highest BCUT2D eigenvalue weighted by molar-refractivity contribution is 6.58. The summed E-state index contributed by atoms with van der Waals surface area (Å²) < 4.78 is 4.67. The molecule has 1 aromatic carbocycles. The third-order valence-electron chi connectivity index (χ3n) is 2.04. The third-order valence-corrected chi connectivity index (χ3v) is 2.04. The number of carbonyl (C=O) groups is 2. The molecule has 0 atom stereocenters. The maximum atomic E-state index is 11.3. The Morgan fingerprint density at radius 1 is 1.47 bits per heavy atom. The van der Waals surface area contributed by atoms with Crippen molar-refractivity contribution in [2.75, 3.05) is 12.0 Å². The number of aldehydes is 1. The van der Waals surface area contributed by atoms with Crippen LogP contribution >= 0.6 is 0 Å². The van der Waals surface area contributed by atoms with Crippen LogP contribution in [-0.2, 0) is 14.3 Å². The molecule has 0 saturated carbocycles. The number of hydrogen-bond acceptors (Lipinski definition) is 5. The topological polar surface area (TPSA) is 67.8 Å². The fraction of sp³-hybridized carbons (Fsp3) is 0.250. The number of rotatable bonds is 5. The van der Waals surface area contributed by atoms with E-state index in [1.54, 1.807) is 13.0 Å². The summed E-state index contributed by atoms with van der Waals surface area (Å²) in [5.74, 6) is -0.733. The molecule has 0 aliphatic heterocycles. The van der Waals surface area contributed by atoms with Crippen LogP contribution in [0.25, 0.3) is 0 Å². The third kappa shape index (κ3) is 3.71. The predicted octanol–water partition coefficient (Wildman–Crippen LogP) is 1.52. The Hall–Kier alpha value is -2.17. The Balaban J connectivity index is 2.78. The number of aryl methyl sites for hydroxylation is 1. The van der Waals surface area contributed by atoms with Crippen molar-refractivity contribution < 1.29 is 14.3 Å². The molecule has 0 saturated heterocycles. The van der Waals surface area contributed by atoms with Crippen LogP contribution in [0.2, 0.25) is 0 Å². The quantitative estimate of drug-likeness (QED) is 0.276. The van der Waals surface area contributed by atoms with Gasteiger partial charge in [-0.25, -0.2) is 4.79 Å². The largest absolute Gasteiger partial charge is 0.461 e. The van der Waals surface area contributed by atoms with Crippen LogP contribution in [0.1, 0.15) is 12.5 Å². The monoisotopic (exact) mass is 234 g/mol. The van der Waals surface area contributed by atoms with E-state index in [1.807, 2.05) is 25.1 Å². The summed E-state index contributed by atoms with van der Waals surface area (Å²) in [6.45, 7) is 3.76. The molecule has 1 rings (SSSR count). The highest BCUT2D eigenvalue weighted by atomic mass is 16.5. The molecule has 1 N–H and O–H groups in total. The molecule has 0 heterocycles. The molecule has 5 nitrogen and oxygen atoms in total. The molecule has 1 aromatic rings. The maximum Gasteiger partial charge on any atom is 0.362 e. The Morgan fingerprint density at radius 3 is 2.76 bits per heavy atom. The number of hydrazone groups is 1. The number of anilines is 1. The fourth-order valence-corrected chi connectivity index (χ4v) is 1.14. The molecule has 0 aliphatic carbocycles. The van der Waals surface area contributed by atoms with Gasteiger partial charge in [-0.15, -0.1) is 0 Å². The van der Waals surface area contributed by atoms with E-state index < -0.39 is 5.97 Å². The average molecular weight is 234 g/mol. The number of hydrogen-bond donors (Lipinski definition) is 1. The first-order valence-electron chi connectivity index (χ1n) is 5.20. The van der Waals surface area contributed by atoms with Crippen molar-refractivity contribution in [3.63, 3.8) is 0 Å². The average Bonchev–Trinajstić information content (AvgIpc) is 2.32. The summed E-state index contributed by atoms with van der Waals surface area (Å²) >= 11 is 0. The molecule has 0 fully saturated rings. The second kappa shape index (κ2) is 6.42. The van der Waals surface area contributed by atoms with Gasteiger partial charge in [-0.2, -0.15) is 5.10 Å². The Morgan fingerprint density at radius 2 is 2.18 bits per heavy atom. The number of para-hydroxylation sites is 1. The minimum atomic E-state index is -0.733. The molecule has 17 heavy (non-hydrogen) atoms. The van der Waals surface area contributed by atoms with Gasteiger partial charge < -0.3 is 4.74 Å². The zero-order chi connectivity index (χ0) is 12.7. The van der Waals surface area contributed by atoms with E-state index in [0.717, 1.165) is 11.3 Å². The van der Waals surface area contributed by atoms with Gasteiger partial charge in [-0.1, -0.05) is 18.2 Å². The Labute approximate surface area is 99.5 Å². The molecule has 0 spiro atoms. The molecule has 0 amide bonds. The molecule has 90 valence electrons. The van der Waals surface area contributed by atoms with Gasteiger partial charge in [0.25, 0.3) is 0 Å². The van der Waals surface area contributed by atoms with Crippen molar-refractivity contribution in [3.8, 4) is 0 Å². The van der Waals surface area contributed by atoms with Crippen molar-refractivity contribution >= 4 is 23.7 Å². The van der Waals surface area contributed by atoms with Crippen LogP contribution in [0.3, 0.4) is 0 Å². The molecule has 0 bridgehead atoms. The van der Waals surface area contributed by atoms with Crippen LogP contribution in [0.5, 0.6) is 0 Å². The lowest BCUT2D eigenvalue weighted by Gasteiger charge is -2.05. The van der Waals surface area contributed by atoms with E-state index in [0.29, 0.717) is 6.29 Å². The maximum absolute atomic E-state index is 11.3. The molecule has 0 aliphatic rings. The smallest absolute Gasteiger partial charge is 0.362 e. The molecule has 0 radical (unpaired) electrons. The van der Waals surface area contributed by atoms with Crippen LogP contribution in [-0.4, -0.2) is 24.6 Å². The summed E-state index contributed by atoms with van der Waals surface area (Å²) in [6.07, 6.45) is 0.364. The highest BCUT2D eigenvalue weighted by Gasteiger charge is 2.11. The van der Waals surface area contributed by atoms with E-state index in [9.17, 15) is 9.59 Å². The minimum absolute atomic E-state index is 0.204. The molecule has 5 heteroatoms. The van der Waals surface area contributed by atoms with Crippen molar-refractivity contribution in [2.45, 2.75) is 13.8 Å². The van der Waals surface area contributed by atoms with E-state index in [4.69, 9.17) is 0 Å². The summed E-state index contributed by atoms with van der Waals surface area (Å²) in [4.78, 5) is 21.9. The number of nitrogens with one attached hydrogen (secondary N) is 1. The summed E-state index contributed by atoms with van der Waals surface area (Å²) in [5, 5.41) is 3.72. The second-order valence-electron chi connectivity index (χ2n) is 3.26. The first-order valence-corrected chi connectivity index (χ1v) is 5.20. The minimum Gasteiger partial charge on any atom is -0.461 e. The van der Waals surface area contributed by atoms with Gasteiger partial charge in [-0.05, 0) is 25.5 Å². The number of benzene rings is 1. The van der Waals surface area contributed by atoms with Crippen molar-refractivity contribution in [3.05, 3.63) is 29.8 Å². The van der Waals surface area contributed by atoms with E-state index >= 15 is 0 Å². The normalized spacial score (nSPS) is 10.8. The number of esters is 1. The van der Waals surface area contributed by atoms with Crippen molar-refractivity contribution in [1.29, 1.82) is 0 Å². The summed E-state index contributed by atoms with van der Waals surface area (Å²) in [6, 6.07) is 7.40. The lowest BCUT2D eigenvalue weighted by atomic mass is 10.2. The van der Waals surface area contributed by atoms with Gasteiger partial charge in [0, 0.05) is 0 Å². The van der Waals surface area contributed by atoms with E-state index in [-0.39, 0.29) is 12.3 Å². The zero-order valence-electron chi connectivity index (χ0n) is 9.77. The van der Waals surface area contributed by atoms with Crippen LogP contribution in [0.15, 0.2) is 29.4 Å². The standard InChI is InChI=1S/C12H14N2O3/c1-3-17-12(16)11(8-15)14-13-10-7-5-4-6-9(10)2/h4-8,13H,3H2,1-2H3/b14-11-. The van der Waals surface area contributed by atoms with Gasteiger partial charge >= 0.3 is 5.97 Å². The summed E-state index contributed by atoms with van der Waals surface area (Å²) in [5.41, 5.74) is 4.07. The van der Waals surface area contributed by atoms with E-state index in [2.05, 4.69) is 15.3 Å². The number of ether oxygens (including phenoxy) is 1. The molecular formula is C12H14N2O3. The fourth-order valence-electron chi connectivity index (χ4n) is 1.14. The lowest BCUT2D eigenvalue weighted by molar-refractivity contribution is -0.135. The van der Waals surface area contributed by atoms with Crippen molar-refractivity contribution in [1.82, 2.24) is 0 Å². The van der Waals surface area contributed by atoms with E-state index in [1.165, 1.54) is 0 Å². The molecule has 0 aromatic heterocycles. The predicted molar refractivity (Wildman–Crippen MR) is 64.9 cm³/mol. The van der Waals surface area contributed by atoms with Gasteiger partial charge in [0.1, 0.15) is 0 Å². The van der Waals surface area contributed by atoms with Crippen LogP contribution in [0.4, 0.5) is 5.69 Å². The van der Waals surface area contributed by atoms with Crippen molar-refractivity contribution in [2.24, 2.45) is 5.10 Å². The number of carbonyl (C=O) groups excluding carboxylic acids is 2. The SMILES string of the molecule is CCOC(=O)/C(C=O)=N\Nc1ccccc1C. The van der Waals surface area contributed by atoms with Crippen LogP contribution in [0, 0.1) is 6.92 Å². The van der Waals surface area contributed by atoms with Gasteiger partial charge in [0.05, 0.1) is 12.3 Å². The first kappa shape index (κ1) is 12.9. The Kier molecular flexibility index (Phi) is 4.87.